The molecule has 2 amide bonds. The van der Waals surface area contributed by atoms with Crippen LogP contribution >= 0.6 is 0 Å². The van der Waals surface area contributed by atoms with Crippen molar-refractivity contribution >= 4 is 28.8 Å². The van der Waals surface area contributed by atoms with Gasteiger partial charge in [0.2, 0.25) is 11.8 Å². The van der Waals surface area contributed by atoms with E-state index >= 15 is 0 Å². The third kappa shape index (κ3) is 7.16. The summed E-state index contributed by atoms with van der Waals surface area (Å²) in [5.41, 5.74) is 2.77. The van der Waals surface area contributed by atoms with Gasteiger partial charge in [-0.1, -0.05) is 60.7 Å². The number of nitrogens with one attached hydrogen (secondary N) is 2. The SMILES string of the molecule is Cc1c(CC(=O)NC(Cc2ccccc2)C(=O)NC(Cc2ccccc2)C(=O)O)c(=O)oc2cc3c(cc12)CCC(C)(C)O3. The van der Waals surface area contributed by atoms with Crippen LogP contribution in [0.1, 0.15) is 48.1 Å². The Balaban J connectivity index is 1.37. The Morgan fingerprint density at radius 1 is 0.909 bits per heavy atom. The summed E-state index contributed by atoms with van der Waals surface area (Å²) in [6.45, 7) is 5.80. The van der Waals surface area contributed by atoms with Crippen LogP contribution in [-0.4, -0.2) is 40.6 Å². The van der Waals surface area contributed by atoms with Crippen molar-refractivity contribution in [3.8, 4) is 5.75 Å². The second-order valence-electron chi connectivity index (χ2n) is 11.9. The van der Waals surface area contributed by atoms with Gasteiger partial charge in [-0.25, -0.2) is 9.59 Å². The Labute approximate surface area is 255 Å². The summed E-state index contributed by atoms with van der Waals surface area (Å²) in [6, 6.07) is 19.5. The molecule has 3 N–H and O–H groups in total. The van der Waals surface area contributed by atoms with Gasteiger partial charge in [0.25, 0.3) is 0 Å². The van der Waals surface area contributed by atoms with Crippen LogP contribution < -0.4 is 21.0 Å². The average Bonchev–Trinajstić information content (AvgIpc) is 2.98. The molecule has 3 aromatic carbocycles. The summed E-state index contributed by atoms with van der Waals surface area (Å²) in [5, 5.41) is 15.9. The van der Waals surface area contributed by atoms with Crippen molar-refractivity contribution in [2.45, 2.75) is 70.6 Å². The van der Waals surface area contributed by atoms with E-state index in [1.54, 1.807) is 37.3 Å². The summed E-state index contributed by atoms with van der Waals surface area (Å²) in [4.78, 5) is 51.9. The van der Waals surface area contributed by atoms with E-state index in [4.69, 9.17) is 9.15 Å². The lowest BCUT2D eigenvalue weighted by Gasteiger charge is -2.32. The molecule has 4 aromatic rings. The Bertz CT molecular complexity index is 1750. The van der Waals surface area contributed by atoms with Crippen LogP contribution in [0.2, 0.25) is 0 Å². The van der Waals surface area contributed by atoms with Crippen LogP contribution in [0.4, 0.5) is 0 Å². The minimum atomic E-state index is -1.20. The summed E-state index contributed by atoms with van der Waals surface area (Å²) >= 11 is 0. The van der Waals surface area contributed by atoms with E-state index in [0.717, 1.165) is 34.9 Å². The highest BCUT2D eigenvalue weighted by atomic mass is 16.5. The molecule has 0 fully saturated rings. The average molecular weight is 597 g/mol. The molecule has 1 aromatic heterocycles. The van der Waals surface area contributed by atoms with E-state index in [9.17, 15) is 24.3 Å². The van der Waals surface area contributed by atoms with Crippen LogP contribution in [-0.2, 0) is 40.1 Å². The van der Waals surface area contributed by atoms with Crippen molar-refractivity contribution in [3.63, 3.8) is 0 Å². The largest absolute Gasteiger partial charge is 0.487 e. The Kier molecular flexibility index (Phi) is 8.85. The normalized spacial score (nSPS) is 15.0. The summed E-state index contributed by atoms with van der Waals surface area (Å²) in [5.74, 6) is -1.70. The summed E-state index contributed by atoms with van der Waals surface area (Å²) in [6.07, 6.45) is 1.55. The number of amides is 2. The second kappa shape index (κ2) is 12.8. The zero-order valence-electron chi connectivity index (χ0n) is 25.0. The maximum atomic E-state index is 13.5. The fourth-order valence-corrected chi connectivity index (χ4v) is 5.53. The molecule has 1 aliphatic heterocycles. The van der Waals surface area contributed by atoms with E-state index in [2.05, 4.69) is 10.6 Å². The minimum Gasteiger partial charge on any atom is -0.487 e. The number of ether oxygens (including phenoxy) is 1. The first-order chi connectivity index (χ1) is 21.0. The van der Waals surface area contributed by atoms with Crippen molar-refractivity contribution in [3.05, 3.63) is 111 Å². The Hall–Kier alpha value is -4.92. The molecule has 1 aliphatic rings. The number of aryl methyl sites for hydroxylation is 2. The fraction of sp³-hybridized carbons (Fsp3) is 0.314. The summed E-state index contributed by atoms with van der Waals surface area (Å²) in [7, 11) is 0. The number of carbonyl (C=O) groups is 3. The first kappa shape index (κ1) is 30.5. The Morgan fingerprint density at radius 3 is 2.14 bits per heavy atom. The highest BCUT2D eigenvalue weighted by molar-refractivity contribution is 5.92. The second-order valence-corrected chi connectivity index (χ2v) is 11.9. The number of benzene rings is 3. The first-order valence-electron chi connectivity index (χ1n) is 14.7. The number of fused-ring (bicyclic) bond motifs is 2. The molecular weight excluding hydrogens is 560 g/mol. The van der Waals surface area contributed by atoms with Crippen molar-refractivity contribution < 1.29 is 28.6 Å². The zero-order valence-corrected chi connectivity index (χ0v) is 25.0. The molecule has 2 unspecified atom stereocenters. The van der Waals surface area contributed by atoms with Gasteiger partial charge in [0.1, 0.15) is 29.0 Å². The topological polar surface area (TPSA) is 135 Å². The van der Waals surface area contributed by atoms with Crippen molar-refractivity contribution in [1.82, 2.24) is 10.6 Å². The summed E-state index contributed by atoms with van der Waals surface area (Å²) < 4.78 is 11.7. The fourth-order valence-electron chi connectivity index (χ4n) is 5.53. The molecule has 2 atom stereocenters. The lowest BCUT2D eigenvalue weighted by Crippen LogP contribution is -2.53. The van der Waals surface area contributed by atoms with Gasteiger partial charge in [-0.3, -0.25) is 9.59 Å². The molecule has 0 aliphatic carbocycles. The van der Waals surface area contributed by atoms with Crippen LogP contribution in [0, 0.1) is 6.92 Å². The highest BCUT2D eigenvalue weighted by Crippen LogP contribution is 2.36. The van der Waals surface area contributed by atoms with Crippen molar-refractivity contribution in [1.29, 1.82) is 0 Å². The molecule has 0 saturated carbocycles. The zero-order chi connectivity index (χ0) is 31.4. The number of hydrogen-bond donors (Lipinski definition) is 3. The van der Waals surface area contributed by atoms with Gasteiger partial charge in [0.15, 0.2) is 0 Å². The molecule has 0 saturated heterocycles. The maximum absolute atomic E-state index is 13.5. The van der Waals surface area contributed by atoms with Crippen LogP contribution in [0.15, 0.2) is 82.0 Å². The molecule has 0 spiro atoms. The van der Waals surface area contributed by atoms with Gasteiger partial charge in [0.05, 0.1) is 12.0 Å². The molecule has 5 rings (SSSR count). The van der Waals surface area contributed by atoms with Gasteiger partial charge in [-0.2, -0.15) is 0 Å². The van der Waals surface area contributed by atoms with Crippen LogP contribution in [0.5, 0.6) is 5.75 Å². The van der Waals surface area contributed by atoms with Crippen LogP contribution in [0.3, 0.4) is 0 Å². The number of carboxylic acid groups (broad SMARTS) is 1. The third-order valence-electron chi connectivity index (χ3n) is 8.02. The van der Waals surface area contributed by atoms with E-state index < -0.39 is 35.5 Å². The number of carboxylic acids is 1. The number of rotatable bonds is 10. The van der Waals surface area contributed by atoms with E-state index in [1.165, 1.54) is 0 Å². The lowest BCUT2D eigenvalue weighted by molar-refractivity contribution is -0.142. The van der Waals surface area contributed by atoms with E-state index in [0.29, 0.717) is 16.9 Å². The van der Waals surface area contributed by atoms with E-state index in [1.807, 2.05) is 56.3 Å². The predicted molar refractivity (Wildman–Crippen MR) is 166 cm³/mol. The van der Waals surface area contributed by atoms with Crippen molar-refractivity contribution in [2.24, 2.45) is 0 Å². The third-order valence-corrected chi connectivity index (χ3v) is 8.02. The van der Waals surface area contributed by atoms with Gasteiger partial charge >= 0.3 is 11.6 Å². The smallest absolute Gasteiger partial charge is 0.340 e. The number of aliphatic carboxylic acids is 1. The monoisotopic (exact) mass is 596 g/mol. The first-order valence-corrected chi connectivity index (χ1v) is 14.7. The predicted octanol–water partition coefficient (Wildman–Crippen LogP) is 4.29. The quantitative estimate of drug-likeness (QED) is 0.233. The van der Waals surface area contributed by atoms with Gasteiger partial charge in [-0.15, -0.1) is 0 Å². The molecule has 9 heteroatoms. The molecule has 0 bridgehead atoms. The van der Waals surface area contributed by atoms with E-state index in [-0.39, 0.29) is 30.4 Å². The Morgan fingerprint density at radius 2 is 1.52 bits per heavy atom. The molecule has 44 heavy (non-hydrogen) atoms. The molecular formula is C35H36N2O7. The molecule has 0 radical (unpaired) electrons. The van der Waals surface area contributed by atoms with Gasteiger partial charge in [0, 0.05) is 24.3 Å². The molecule has 2 heterocycles. The number of carbonyl (C=O) groups excluding carboxylic acids is 2. The standard InChI is InChI=1S/C35H36N2O7/c1-21-25-18-24-14-15-35(2,3)44-29(24)20-30(25)43-34(42)26(21)19-31(38)36-27(16-22-10-6-4-7-11-22)32(39)37-28(33(40)41)17-23-12-8-5-9-13-23/h4-13,18,20,27-28H,14-17,19H2,1-3H3,(H,36,38)(H,37,39)(H,40,41). The minimum absolute atomic E-state index is 0.0808. The lowest BCUT2D eigenvalue weighted by atomic mass is 9.92. The molecule has 228 valence electrons. The van der Waals surface area contributed by atoms with Crippen molar-refractivity contribution in [2.75, 3.05) is 0 Å². The van der Waals surface area contributed by atoms with Gasteiger partial charge < -0.3 is 24.9 Å². The number of hydrogen-bond acceptors (Lipinski definition) is 6. The van der Waals surface area contributed by atoms with Crippen LogP contribution in [0.25, 0.3) is 11.0 Å². The van der Waals surface area contributed by atoms with Gasteiger partial charge in [-0.05, 0) is 61.9 Å². The maximum Gasteiger partial charge on any atom is 0.340 e. The highest BCUT2D eigenvalue weighted by Gasteiger charge is 2.29. The molecule has 9 nitrogen and oxygen atoms in total.